The second-order valence-electron chi connectivity index (χ2n) is 10.1. The molecule has 1 amide bonds. The van der Waals surface area contributed by atoms with Crippen molar-refractivity contribution in [2.75, 3.05) is 14.1 Å². The molecule has 0 N–H and O–H groups in total. The van der Waals surface area contributed by atoms with Crippen molar-refractivity contribution in [3.63, 3.8) is 0 Å². The summed E-state index contributed by atoms with van der Waals surface area (Å²) in [4.78, 5) is 18.7. The number of hydrogen-bond acceptors (Lipinski definition) is 4. The molecule has 0 unspecified atom stereocenters. The Labute approximate surface area is 231 Å². The van der Waals surface area contributed by atoms with Crippen LogP contribution in [-0.4, -0.2) is 41.9 Å². The van der Waals surface area contributed by atoms with Gasteiger partial charge >= 0.3 is 0 Å². The van der Waals surface area contributed by atoms with E-state index in [1.807, 2.05) is 41.3 Å². The van der Waals surface area contributed by atoms with Crippen LogP contribution >= 0.6 is 22.9 Å². The van der Waals surface area contributed by atoms with Gasteiger partial charge in [0, 0.05) is 34.3 Å². The van der Waals surface area contributed by atoms with E-state index in [2.05, 4.69) is 25.1 Å². The van der Waals surface area contributed by atoms with Crippen LogP contribution in [0.3, 0.4) is 0 Å². The van der Waals surface area contributed by atoms with E-state index >= 15 is 4.39 Å². The van der Waals surface area contributed by atoms with Gasteiger partial charge in [0.1, 0.15) is 10.7 Å². The maximum Gasteiger partial charge on any atom is 0.266 e. The molecule has 5 rings (SSSR count). The summed E-state index contributed by atoms with van der Waals surface area (Å²) >= 11 is 8.12. The van der Waals surface area contributed by atoms with E-state index in [4.69, 9.17) is 11.6 Å². The van der Waals surface area contributed by atoms with Gasteiger partial charge in [0.15, 0.2) is 0 Å². The predicted octanol–water partition coefficient (Wildman–Crippen LogP) is 7.75. The highest BCUT2D eigenvalue weighted by Crippen LogP contribution is 2.38. The van der Waals surface area contributed by atoms with Gasteiger partial charge in [-0.1, -0.05) is 48.0 Å². The Morgan fingerprint density at radius 1 is 1.00 bits per heavy atom. The van der Waals surface area contributed by atoms with Crippen LogP contribution in [-0.2, 0) is 6.54 Å². The summed E-state index contributed by atoms with van der Waals surface area (Å²) in [5, 5.41) is 10.6. The summed E-state index contributed by atoms with van der Waals surface area (Å²) in [6.45, 7) is 0.151. The highest BCUT2D eigenvalue weighted by atomic mass is 35.5. The Morgan fingerprint density at radius 3 is 2.42 bits per heavy atom. The van der Waals surface area contributed by atoms with Crippen molar-refractivity contribution in [2.45, 2.75) is 44.3 Å². The molecular formula is C31H29ClFN3OS. The van der Waals surface area contributed by atoms with Crippen LogP contribution in [0, 0.1) is 17.1 Å². The Kier molecular flexibility index (Phi) is 7.80. The molecule has 1 fully saturated rings. The molecule has 7 heteroatoms. The van der Waals surface area contributed by atoms with Gasteiger partial charge in [-0.15, -0.1) is 11.3 Å². The van der Waals surface area contributed by atoms with Gasteiger partial charge in [0.05, 0.1) is 16.7 Å². The summed E-state index contributed by atoms with van der Waals surface area (Å²) in [6, 6.07) is 22.6. The van der Waals surface area contributed by atoms with Gasteiger partial charge < -0.3 is 9.80 Å². The summed E-state index contributed by atoms with van der Waals surface area (Å²) in [5.41, 5.74) is 2.64. The predicted molar refractivity (Wildman–Crippen MR) is 153 cm³/mol. The molecule has 38 heavy (non-hydrogen) atoms. The minimum atomic E-state index is -0.354. The summed E-state index contributed by atoms with van der Waals surface area (Å²) in [7, 11) is 4.18. The molecule has 0 radical (unpaired) electrons. The third-order valence-corrected chi connectivity index (χ3v) is 9.20. The molecule has 4 aromatic rings. The molecule has 1 aliphatic carbocycles. The molecule has 1 heterocycles. The number of thiophene rings is 1. The number of benzene rings is 3. The molecule has 1 aliphatic rings. The fourth-order valence-corrected chi connectivity index (χ4v) is 6.83. The van der Waals surface area contributed by atoms with E-state index in [1.165, 1.54) is 17.4 Å². The van der Waals surface area contributed by atoms with E-state index in [0.29, 0.717) is 27.1 Å². The maximum atomic E-state index is 15.2. The van der Waals surface area contributed by atoms with Gasteiger partial charge in [-0.05, 0) is 81.2 Å². The first-order chi connectivity index (χ1) is 18.4. The van der Waals surface area contributed by atoms with Crippen molar-refractivity contribution in [2.24, 2.45) is 0 Å². The second-order valence-corrected chi connectivity index (χ2v) is 11.5. The number of fused-ring (bicyclic) bond motifs is 1. The Morgan fingerprint density at radius 2 is 1.71 bits per heavy atom. The molecule has 0 aliphatic heterocycles. The van der Waals surface area contributed by atoms with E-state index in [0.717, 1.165) is 46.9 Å². The van der Waals surface area contributed by atoms with Gasteiger partial charge in [0.25, 0.3) is 5.91 Å². The molecule has 0 bridgehead atoms. The van der Waals surface area contributed by atoms with Crippen LogP contribution in [0.25, 0.3) is 21.2 Å². The minimum Gasteiger partial charge on any atom is -0.330 e. The average molecular weight is 546 g/mol. The monoisotopic (exact) mass is 545 g/mol. The van der Waals surface area contributed by atoms with Crippen LogP contribution in [0.1, 0.15) is 46.5 Å². The molecule has 0 saturated heterocycles. The molecule has 0 spiro atoms. The maximum absolute atomic E-state index is 15.2. The molecular weight excluding hydrogens is 517 g/mol. The second kappa shape index (κ2) is 11.2. The molecule has 4 nitrogen and oxygen atoms in total. The Bertz CT molecular complexity index is 1520. The van der Waals surface area contributed by atoms with Crippen molar-refractivity contribution >= 4 is 38.9 Å². The zero-order chi connectivity index (χ0) is 26.8. The Balaban J connectivity index is 1.51. The van der Waals surface area contributed by atoms with E-state index in [1.54, 1.807) is 24.3 Å². The number of carbonyl (C=O) groups is 1. The van der Waals surface area contributed by atoms with E-state index in [9.17, 15) is 10.1 Å². The van der Waals surface area contributed by atoms with Gasteiger partial charge in [-0.3, -0.25) is 4.79 Å². The first-order valence-electron chi connectivity index (χ1n) is 12.8. The van der Waals surface area contributed by atoms with Gasteiger partial charge in [0.2, 0.25) is 0 Å². The first-order valence-corrected chi connectivity index (χ1v) is 14.0. The van der Waals surface area contributed by atoms with Crippen molar-refractivity contribution in [1.29, 1.82) is 5.26 Å². The van der Waals surface area contributed by atoms with Crippen LogP contribution in [0.4, 0.5) is 4.39 Å². The quantitative estimate of drug-likeness (QED) is 0.249. The van der Waals surface area contributed by atoms with Crippen LogP contribution in [0.2, 0.25) is 5.02 Å². The summed E-state index contributed by atoms with van der Waals surface area (Å²) in [6.07, 6.45) is 3.65. The Hall–Kier alpha value is -3.24. The molecule has 0 atom stereocenters. The van der Waals surface area contributed by atoms with Crippen LogP contribution in [0.5, 0.6) is 0 Å². The van der Waals surface area contributed by atoms with Gasteiger partial charge in [-0.2, -0.15) is 5.26 Å². The van der Waals surface area contributed by atoms with E-state index in [-0.39, 0.29) is 24.3 Å². The number of rotatable bonds is 6. The zero-order valence-electron chi connectivity index (χ0n) is 21.5. The number of halogens is 2. The largest absolute Gasteiger partial charge is 0.330 e. The van der Waals surface area contributed by atoms with Crippen LogP contribution < -0.4 is 0 Å². The number of amides is 1. The standard InChI is InChI=1S/C31H29ClFN3OS/c1-35(2)24-11-13-25(14-12-24)36(31(37)30-29(32)26-8-3-4-9-28(26)38-30)19-23-17-22(10-15-27(23)33)21-7-5-6-20(16-21)18-34/h3-10,15-17,24-25H,11-14,19H2,1-2H3. The smallest absolute Gasteiger partial charge is 0.266 e. The highest BCUT2D eigenvalue weighted by molar-refractivity contribution is 7.21. The van der Waals surface area contributed by atoms with Crippen molar-refractivity contribution in [3.8, 4) is 17.2 Å². The first kappa shape index (κ1) is 26.4. The number of nitriles is 1. The normalized spacial score (nSPS) is 17.5. The molecule has 194 valence electrons. The lowest BCUT2D eigenvalue weighted by atomic mass is 9.89. The third-order valence-electron chi connectivity index (χ3n) is 7.54. The molecule has 3 aromatic carbocycles. The lowest BCUT2D eigenvalue weighted by molar-refractivity contribution is 0.0572. The third kappa shape index (κ3) is 5.33. The topological polar surface area (TPSA) is 47.3 Å². The number of carbonyl (C=O) groups excluding carboxylic acids is 1. The zero-order valence-corrected chi connectivity index (χ0v) is 23.0. The SMILES string of the molecule is CN(C)C1CCC(N(Cc2cc(-c3cccc(C#N)c3)ccc2F)C(=O)c2sc3ccccc3c2Cl)CC1. The minimum absolute atomic E-state index is 0.00930. The van der Waals surface area contributed by atoms with Crippen molar-refractivity contribution in [1.82, 2.24) is 9.80 Å². The molecule has 1 aromatic heterocycles. The summed E-state index contributed by atoms with van der Waals surface area (Å²) in [5.74, 6) is -0.506. The fraction of sp³-hybridized carbons (Fsp3) is 0.290. The van der Waals surface area contributed by atoms with Crippen molar-refractivity contribution in [3.05, 3.63) is 93.6 Å². The lowest BCUT2D eigenvalue weighted by Crippen LogP contribution is -2.44. The van der Waals surface area contributed by atoms with Crippen molar-refractivity contribution < 1.29 is 9.18 Å². The lowest BCUT2D eigenvalue weighted by Gasteiger charge is -2.39. The molecule has 1 saturated carbocycles. The summed E-state index contributed by atoms with van der Waals surface area (Å²) < 4.78 is 16.2. The number of hydrogen-bond donors (Lipinski definition) is 0. The average Bonchev–Trinajstić information content (AvgIpc) is 3.28. The number of nitrogens with zero attached hydrogens (tertiary/aromatic N) is 3. The fourth-order valence-electron chi connectivity index (χ4n) is 5.36. The van der Waals surface area contributed by atoms with Crippen LogP contribution in [0.15, 0.2) is 66.7 Å². The highest BCUT2D eigenvalue weighted by Gasteiger charge is 2.32. The van der Waals surface area contributed by atoms with Gasteiger partial charge in [-0.25, -0.2) is 4.39 Å². The van der Waals surface area contributed by atoms with E-state index < -0.39 is 0 Å².